The zero-order chi connectivity index (χ0) is 13.9. The van der Waals surface area contributed by atoms with Crippen molar-refractivity contribution in [3.63, 3.8) is 0 Å². The average molecular weight is 356 g/mol. The second-order valence-electron chi connectivity index (χ2n) is 5.16. The Bertz CT molecular complexity index is 568. The lowest BCUT2D eigenvalue weighted by atomic mass is 10.0. The van der Waals surface area contributed by atoms with E-state index in [1.54, 1.807) is 11.3 Å². The van der Waals surface area contributed by atoms with Crippen molar-refractivity contribution < 1.29 is 4.52 Å². The zero-order valence-electron chi connectivity index (χ0n) is 11.4. The Balaban J connectivity index is 1.75. The van der Waals surface area contributed by atoms with Crippen molar-refractivity contribution in [1.82, 2.24) is 15.5 Å². The maximum atomic E-state index is 5.51. The van der Waals surface area contributed by atoms with E-state index < -0.39 is 0 Å². The van der Waals surface area contributed by atoms with Gasteiger partial charge in [-0.15, -0.1) is 11.3 Å². The third-order valence-corrected chi connectivity index (χ3v) is 5.34. The number of aromatic nitrogens is 2. The van der Waals surface area contributed by atoms with Crippen molar-refractivity contribution in [2.24, 2.45) is 0 Å². The fourth-order valence-electron chi connectivity index (χ4n) is 2.75. The van der Waals surface area contributed by atoms with E-state index in [2.05, 4.69) is 38.3 Å². The summed E-state index contributed by atoms with van der Waals surface area (Å²) in [6.07, 6.45) is 4.72. The Morgan fingerprint density at radius 1 is 1.45 bits per heavy atom. The Kier molecular flexibility index (Phi) is 4.53. The summed E-state index contributed by atoms with van der Waals surface area (Å²) in [7, 11) is 0. The van der Waals surface area contributed by atoms with Gasteiger partial charge in [-0.2, -0.15) is 4.98 Å². The molecule has 2 unspecified atom stereocenters. The van der Waals surface area contributed by atoms with Gasteiger partial charge in [0, 0.05) is 6.04 Å². The van der Waals surface area contributed by atoms with Crippen LogP contribution in [0.25, 0.3) is 10.7 Å². The first-order chi connectivity index (χ1) is 9.78. The highest BCUT2D eigenvalue weighted by Crippen LogP contribution is 2.36. The predicted octanol–water partition coefficient (Wildman–Crippen LogP) is 4.20. The highest BCUT2D eigenvalue weighted by molar-refractivity contribution is 9.11. The van der Waals surface area contributed by atoms with Crippen LogP contribution in [0, 0.1) is 0 Å². The van der Waals surface area contributed by atoms with E-state index >= 15 is 0 Å². The maximum absolute atomic E-state index is 5.51. The first-order valence-corrected chi connectivity index (χ1v) is 8.71. The van der Waals surface area contributed by atoms with Crippen molar-refractivity contribution >= 4 is 27.3 Å². The summed E-state index contributed by atoms with van der Waals surface area (Å²) in [6.45, 7) is 3.25. The molecule has 3 rings (SSSR count). The second kappa shape index (κ2) is 6.37. The number of hydrogen-bond acceptors (Lipinski definition) is 5. The van der Waals surface area contributed by atoms with Crippen LogP contribution < -0.4 is 5.32 Å². The van der Waals surface area contributed by atoms with Gasteiger partial charge in [-0.05, 0) is 53.9 Å². The van der Waals surface area contributed by atoms with E-state index in [0.29, 0.717) is 17.8 Å². The minimum atomic E-state index is 0.367. The molecule has 4 nitrogen and oxygen atoms in total. The maximum Gasteiger partial charge on any atom is 0.231 e. The smallest absolute Gasteiger partial charge is 0.231 e. The van der Waals surface area contributed by atoms with Crippen LogP contribution in [-0.2, 0) is 0 Å². The van der Waals surface area contributed by atoms with E-state index in [4.69, 9.17) is 4.52 Å². The SMILES string of the molecule is CCCNC1CCCC1c1nc(-c2ccc(Br)s2)no1. The van der Waals surface area contributed by atoms with Crippen molar-refractivity contribution in [3.05, 3.63) is 21.8 Å². The van der Waals surface area contributed by atoms with E-state index in [1.165, 1.54) is 12.8 Å². The lowest BCUT2D eigenvalue weighted by Crippen LogP contribution is -2.31. The number of hydrogen-bond donors (Lipinski definition) is 1. The summed E-state index contributed by atoms with van der Waals surface area (Å²) in [4.78, 5) is 5.65. The Hall–Kier alpha value is -0.720. The van der Waals surface area contributed by atoms with Gasteiger partial charge in [0.25, 0.3) is 0 Å². The number of nitrogens with zero attached hydrogens (tertiary/aromatic N) is 2. The Morgan fingerprint density at radius 2 is 2.35 bits per heavy atom. The predicted molar refractivity (Wildman–Crippen MR) is 84.0 cm³/mol. The van der Waals surface area contributed by atoms with Gasteiger partial charge in [0.2, 0.25) is 11.7 Å². The van der Waals surface area contributed by atoms with Crippen molar-refractivity contribution in [2.45, 2.75) is 44.6 Å². The molecule has 0 amide bonds. The standard InChI is InChI=1S/C14H18BrN3OS/c1-2-8-16-10-5-3-4-9(10)14-17-13(18-19-14)11-6-7-12(15)20-11/h6-7,9-10,16H,2-5,8H2,1H3. The summed E-state index contributed by atoms with van der Waals surface area (Å²) < 4.78 is 6.60. The summed E-state index contributed by atoms with van der Waals surface area (Å²) in [5.74, 6) is 1.86. The summed E-state index contributed by atoms with van der Waals surface area (Å²) >= 11 is 5.09. The van der Waals surface area contributed by atoms with E-state index in [0.717, 1.165) is 33.9 Å². The van der Waals surface area contributed by atoms with Crippen LogP contribution in [0.5, 0.6) is 0 Å². The molecule has 0 saturated heterocycles. The number of halogens is 1. The minimum Gasteiger partial charge on any atom is -0.339 e. The molecule has 1 saturated carbocycles. The molecule has 2 heterocycles. The molecule has 1 fully saturated rings. The summed E-state index contributed by atoms with van der Waals surface area (Å²) in [5.41, 5.74) is 0. The third kappa shape index (κ3) is 2.97. The van der Waals surface area contributed by atoms with Gasteiger partial charge in [0.05, 0.1) is 14.6 Å². The first kappa shape index (κ1) is 14.2. The monoisotopic (exact) mass is 355 g/mol. The summed E-state index contributed by atoms with van der Waals surface area (Å²) in [6, 6.07) is 4.51. The van der Waals surface area contributed by atoms with Crippen molar-refractivity contribution in [3.8, 4) is 10.7 Å². The van der Waals surface area contributed by atoms with Crippen LogP contribution in [0.4, 0.5) is 0 Å². The van der Waals surface area contributed by atoms with Crippen LogP contribution in [0.1, 0.15) is 44.4 Å². The van der Waals surface area contributed by atoms with Gasteiger partial charge < -0.3 is 9.84 Å². The van der Waals surface area contributed by atoms with E-state index in [1.807, 2.05) is 12.1 Å². The molecule has 2 aromatic heterocycles. The van der Waals surface area contributed by atoms with Crippen LogP contribution in [0.15, 0.2) is 20.4 Å². The molecule has 0 spiro atoms. The third-order valence-electron chi connectivity index (χ3n) is 3.73. The molecule has 108 valence electrons. The van der Waals surface area contributed by atoms with Gasteiger partial charge in [-0.1, -0.05) is 18.5 Å². The first-order valence-electron chi connectivity index (χ1n) is 7.10. The topological polar surface area (TPSA) is 51.0 Å². The van der Waals surface area contributed by atoms with E-state index in [-0.39, 0.29) is 0 Å². The molecule has 20 heavy (non-hydrogen) atoms. The zero-order valence-corrected chi connectivity index (χ0v) is 13.8. The van der Waals surface area contributed by atoms with Crippen molar-refractivity contribution in [1.29, 1.82) is 0 Å². The highest BCUT2D eigenvalue weighted by atomic mass is 79.9. The molecule has 0 bridgehead atoms. The fraction of sp³-hybridized carbons (Fsp3) is 0.571. The molecule has 0 aromatic carbocycles. The average Bonchev–Trinajstić information content (AvgIpc) is 3.15. The number of nitrogens with one attached hydrogen (secondary N) is 1. The minimum absolute atomic E-state index is 0.367. The van der Waals surface area contributed by atoms with Crippen LogP contribution in [0.2, 0.25) is 0 Å². The molecule has 0 radical (unpaired) electrons. The van der Waals surface area contributed by atoms with Crippen LogP contribution in [-0.4, -0.2) is 22.7 Å². The lowest BCUT2D eigenvalue weighted by molar-refractivity contribution is 0.330. The largest absolute Gasteiger partial charge is 0.339 e. The molecular formula is C14H18BrN3OS. The highest BCUT2D eigenvalue weighted by Gasteiger charge is 2.32. The fourth-order valence-corrected chi connectivity index (χ4v) is 4.06. The van der Waals surface area contributed by atoms with Crippen LogP contribution in [0.3, 0.4) is 0 Å². The lowest BCUT2D eigenvalue weighted by Gasteiger charge is -2.17. The van der Waals surface area contributed by atoms with Gasteiger partial charge in [0.15, 0.2) is 0 Å². The quantitative estimate of drug-likeness (QED) is 0.873. The molecule has 0 aliphatic heterocycles. The van der Waals surface area contributed by atoms with Gasteiger partial charge in [0.1, 0.15) is 0 Å². The normalized spacial score (nSPS) is 22.5. The number of rotatable bonds is 5. The molecule has 2 aromatic rings. The second-order valence-corrected chi connectivity index (χ2v) is 7.62. The Morgan fingerprint density at radius 3 is 3.10 bits per heavy atom. The summed E-state index contributed by atoms with van der Waals surface area (Å²) in [5, 5.41) is 7.74. The molecular weight excluding hydrogens is 338 g/mol. The molecule has 1 aliphatic carbocycles. The molecule has 2 atom stereocenters. The van der Waals surface area contributed by atoms with Gasteiger partial charge in [-0.25, -0.2) is 0 Å². The molecule has 1 N–H and O–H groups in total. The van der Waals surface area contributed by atoms with Crippen LogP contribution >= 0.6 is 27.3 Å². The van der Waals surface area contributed by atoms with Crippen molar-refractivity contribution in [2.75, 3.05) is 6.54 Å². The number of thiophene rings is 1. The van der Waals surface area contributed by atoms with Gasteiger partial charge >= 0.3 is 0 Å². The van der Waals surface area contributed by atoms with Gasteiger partial charge in [-0.3, -0.25) is 0 Å². The molecule has 6 heteroatoms. The molecule has 1 aliphatic rings. The van der Waals surface area contributed by atoms with E-state index in [9.17, 15) is 0 Å². The Labute approximate surface area is 131 Å².